The summed E-state index contributed by atoms with van der Waals surface area (Å²) >= 11 is 0. The van der Waals surface area contributed by atoms with E-state index in [2.05, 4.69) is 25.9 Å². The van der Waals surface area contributed by atoms with Crippen LogP contribution in [0, 0.1) is 17.1 Å². The lowest BCUT2D eigenvalue weighted by atomic mass is 10.2. The van der Waals surface area contributed by atoms with Crippen molar-refractivity contribution in [3.8, 4) is 6.07 Å². The molecule has 0 unspecified atom stereocenters. The minimum Gasteiger partial charge on any atom is -0.382 e. The topological polar surface area (TPSA) is 112 Å². The average molecular weight is 429 g/mol. The van der Waals surface area contributed by atoms with Gasteiger partial charge in [-0.15, -0.1) is 0 Å². The molecule has 2 rings (SSSR count). The summed E-state index contributed by atoms with van der Waals surface area (Å²) < 4.78 is 19.8. The molecule has 0 aliphatic rings. The summed E-state index contributed by atoms with van der Waals surface area (Å²) in [5, 5.41) is 17.7. The minimum atomic E-state index is -0.668. The summed E-state index contributed by atoms with van der Waals surface area (Å²) in [6.45, 7) is 10.9. The van der Waals surface area contributed by atoms with Crippen molar-refractivity contribution in [2.75, 3.05) is 23.8 Å². The van der Waals surface area contributed by atoms with Crippen LogP contribution in [0.3, 0.4) is 0 Å². The molecule has 0 aliphatic carbocycles. The maximum absolute atomic E-state index is 14.1. The molecule has 0 fully saturated rings. The molecule has 0 atom stereocenters. The van der Waals surface area contributed by atoms with Gasteiger partial charge in [0.2, 0.25) is 0 Å². The summed E-state index contributed by atoms with van der Waals surface area (Å²) in [7, 11) is 0. The van der Waals surface area contributed by atoms with Crippen molar-refractivity contribution >= 4 is 23.2 Å². The Morgan fingerprint density at radius 1 is 1.26 bits per heavy atom. The zero-order valence-electron chi connectivity index (χ0n) is 18.5. The molecule has 2 aromatic rings. The van der Waals surface area contributed by atoms with E-state index in [-0.39, 0.29) is 28.9 Å². The number of halogens is 1. The number of rotatable bonds is 9. The first-order valence-corrected chi connectivity index (χ1v) is 10.1. The van der Waals surface area contributed by atoms with Gasteiger partial charge in [-0.2, -0.15) is 5.26 Å². The van der Waals surface area contributed by atoms with Crippen LogP contribution >= 0.6 is 0 Å². The number of anilines is 3. The highest BCUT2D eigenvalue weighted by molar-refractivity contribution is 5.99. The van der Waals surface area contributed by atoms with Gasteiger partial charge in [-0.3, -0.25) is 4.79 Å². The van der Waals surface area contributed by atoms with E-state index in [0.29, 0.717) is 36.6 Å². The number of aromatic nitrogens is 2. The van der Waals surface area contributed by atoms with Gasteiger partial charge in [0, 0.05) is 37.7 Å². The number of nitriles is 1. The molecule has 0 bridgehead atoms. The number of nitrogens with one attached hydrogen (secondary N) is 3. The second-order valence-electron chi connectivity index (χ2n) is 8.28. The fourth-order valence-electron chi connectivity index (χ4n) is 2.60. The summed E-state index contributed by atoms with van der Waals surface area (Å²) in [4.78, 5) is 20.8. The van der Waals surface area contributed by atoms with Gasteiger partial charge < -0.3 is 20.7 Å². The van der Waals surface area contributed by atoms with Gasteiger partial charge in [-0.25, -0.2) is 14.4 Å². The smallest absolute Gasteiger partial charge is 0.254 e. The van der Waals surface area contributed by atoms with Gasteiger partial charge in [-0.05, 0) is 47.1 Å². The van der Waals surface area contributed by atoms with Gasteiger partial charge in [0.1, 0.15) is 11.9 Å². The standard InChI is InChI=1S/C22H29FN6O2/c1-14(2)28-18-10-19(29-20-17(23)9-15(11-24)12-27-20)26-13-16(18)21(30)25-7-6-8-31-22(3,4)5/h9-10,12-14H,6-8H2,1-5H3,(H,25,30)(H2,26,27,28,29). The number of amides is 1. The van der Waals surface area contributed by atoms with Gasteiger partial charge in [0.15, 0.2) is 11.6 Å². The minimum absolute atomic E-state index is 0.0574. The molecule has 9 heteroatoms. The first-order chi connectivity index (χ1) is 14.6. The Bertz CT molecular complexity index is 950. The highest BCUT2D eigenvalue weighted by Gasteiger charge is 2.15. The third-order valence-electron chi connectivity index (χ3n) is 3.95. The van der Waals surface area contributed by atoms with Crippen LogP contribution in [0.1, 0.15) is 57.0 Å². The van der Waals surface area contributed by atoms with Crippen molar-refractivity contribution in [1.29, 1.82) is 5.26 Å². The molecule has 0 aliphatic heterocycles. The molecule has 2 aromatic heterocycles. The fraction of sp³-hybridized carbons (Fsp3) is 0.455. The quantitative estimate of drug-likeness (QED) is 0.518. The Labute approximate surface area is 182 Å². The lowest BCUT2D eigenvalue weighted by Crippen LogP contribution is -2.28. The zero-order valence-corrected chi connectivity index (χ0v) is 18.5. The van der Waals surface area contributed by atoms with Crippen LogP contribution in [-0.4, -0.2) is 40.7 Å². The van der Waals surface area contributed by atoms with Crippen molar-refractivity contribution < 1.29 is 13.9 Å². The number of hydrogen-bond donors (Lipinski definition) is 3. The molecule has 166 valence electrons. The number of carbonyl (C=O) groups is 1. The van der Waals surface area contributed by atoms with Gasteiger partial charge >= 0.3 is 0 Å². The molecule has 0 spiro atoms. The first kappa shape index (κ1) is 24.0. The Morgan fingerprint density at radius 2 is 2.00 bits per heavy atom. The molecule has 0 radical (unpaired) electrons. The SMILES string of the molecule is CC(C)Nc1cc(Nc2ncc(C#N)cc2F)ncc1C(=O)NCCCOC(C)(C)C. The van der Waals surface area contributed by atoms with Crippen molar-refractivity contribution in [3.05, 3.63) is 41.5 Å². The molecule has 0 saturated heterocycles. The fourth-order valence-corrected chi connectivity index (χ4v) is 2.60. The monoisotopic (exact) mass is 428 g/mol. The molecule has 1 amide bonds. The highest BCUT2D eigenvalue weighted by Crippen LogP contribution is 2.23. The lowest BCUT2D eigenvalue weighted by Gasteiger charge is -2.19. The van der Waals surface area contributed by atoms with Crippen molar-refractivity contribution in [2.24, 2.45) is 0 Å². The van der Waals surface area contributed by atoms with Crippen molar-refractivity contribution in [2.45, 2.75) is 52.7 Å². The van der Waals surface area contributed by atoms with E-state index in [4.69, 9.17) is 10.00 Å². The molecular formula is C22H29FN6O2. The highest BCUT2D eigenvalue weighted by atomic mass is 19.1. The van der Waals surface area contributed by atoms with E-state index in [1.165, 1.54) is 12.4 Å². The number of hydrogen-bond acceptors (Lipinski definition) is 7. The maximum atomic E-state index is 14.1. The predicted octanol–water partition coefficient (Wildman–Crippen LogP) is 3.99. The van der Waals surface area contributed by atoms with Gasteiger partial charge in [0.25, 0.3) is 5.91 Å². The van der Waals surface area contributed by atoms with Crippen LogP contribution in [0.15, 0.2) is 24.5 Å². The Kier molecular flexibility index (Phi) is 8.28. The first-order valence-electron chi connectivity index (χ1n) is 10.1. The number of pyridine rings is 2. The van der Waals surface area contributed by atoms with Gasteiger partial charge in [0.05, 0.1) is 22.4 Å². The van der Waals surface area contributed by atoms with Crippen LogP contribution in [-0.2, 0) is 4.74 Å². The van der Waals surface area contributed by atoms with Crippen molar-refractivity contribution in [3.63, 3.8) is 0 Å². The Balaban J connectivity index is 2.10. The van der Waals surface area contributed by atoms with E-state index >= 15 is 0 Å². The summed E-state index contributed by atoms with van der Waals surface area (Å²) in [5.74, 6) is -0.674. The summed E-state index contributed by atoms with van der Waals surface area (Å²) in [5.41, 5.74) is 0.848. The molecular weight excluding hydrogens is 399 g/mol. The van der Waals surface area contributed by atoms with E-state index in [0.717, 1.165) is 6.07 Å². The van der Waals surface area contributed by atoms with Gasteiger partial charge in [-0.1, -0.05) is 0 Å². The van der Waals surface area contributed by atoms with E-state index in [1.807, 2.05) is 40.7 Å². The summed E-state index contributed by atoms with van der Waals surface area (Å²) in [6, 6.07) is 4.61. The number of ether oxygens (including phenoxy) is 1. The van der Waals surface area contributed by atoms with Crippen molar-refractivity contribution in [1.82, 2.24) is 15.3 Å². The lowest BCUT2D eigenvalue weighted by molar-refractivity contribution is -0.00363. The second kappa shape index (κ2) is 10.7. The Morgan fingerprint density at radius 3 is 2.61 bits per heavy atom. The predicted molar refractivity (Wildman–Crippen MR) is 118 cm³/mol. The number of carbonyl (C=O) groups excluding carboxylic acids is 1. The molecule has 0 saturated carbocycles. The van der Waals surface area contributed by atoms with Crippen LogP contribution in [0.5, 0.6) is 0 Å². The third-order valence-corrected chi connectivity index (χ3v) is 3.95. The zero-order chi connectivity index (χ0) is 23.0. The van der Waals surface area contributed by atoms with Crippen LogP contribution in [0.2, 0.25) is 0 Å². The van der Waals surface area contributed by atoms with E-state index in [1.54, 1.807) is 6.07 Å². The normalized spacial score (nSPS) is 11.2. The number of nitrogens with zero attached hydrogens (tertiary/aromatic N) is 3. The molecule has 3 N–H and O–H groups in total. The van der Waals surface area contributed by atoms with Crippen LogP contribution in [0.25, 0.3) is 0 Å². The molecule has 8 nitrogen and oxygen atoms in total. The van der Waals surface area contributed by atoms with Crippen LogP contribution in [0.4, 0.5) is 21.7 Å². The molecule has 0 aromatic carbocycles. The summed E-state index contributed by atoms with van der Waals surface area (Å²) in [6.07, 6.45) is 3.38. The maximum Gasteiger partial charge on any atom is 0.254 e. The average Bonchev–Trinajstić information content (AvgIpc) is 2.68. The Hall–Kier alpha value is -3.25. The van der Waals surface area contributed by atoms with E-state index in [9.17, 15) is 9.18 Å². The second-order valence-corrected chi connectivity index (χ2v) is 8.28. The molecule has 31 heavy (non-hydrogen) atoms. The molecule has 2 heterocycles. The van der Waals surface area contributed by atoms with E-state index < -0.39 is 5.82 Å². The van der Waals surface area contributed by atoms with Crippen LogP contribution < -0.4 is 16.0 Å². The third kappa shape index (κ3) is 7.83. The largest absolute Gasteiger partial charge is 0.382 e.